The quantitative estimate of drug-likeness (QED) is 0.755. The van der Waals surface area contributed by atoms with Crippen molar-refractivity contribution >= 4 is 5.91 Å². The van der Waals surface area contributed by atoms with Gasteiger partial charge in [-0.3, -0.25) is 4.79 Å². The van der Waals surface area contributed by atoms with Crippen LogP contribution in [0.15, 0.2) is 24.3 Å². The van der Waals surface area contributed by atoms with Crippen LogP contribution in [0.3, 0.4) is 0 Å². The van der Waals surface area contributed by atoms with Crippen molar-refractivity contribution in [1.29, 1.82) is 0 Å². The molecule has 4 heteroatoms. The number of amides is 1. The van der Waals surface area contributed by atoms with Crippen molar-refractivity contribution in [1.82, 2.24) is 5.32 Å². The Morgan fingerprint density at radius 1 is 1.37 bits per heavy atom. The zero-order valence-electron chi connectivity index (χ0n) is 11.7. The Labute approximate surface area is 114 Å². The summed E-state index contributed by atoms with van der Waals surface area (Å²) < 4.78 is 5.09. The van der Waals surface area contributed by atoms with E-state index in [9.17, 15) is 4.79 Å². The summed E-state index contributed by atoms with van der Waals surface area (Å²) in [5.41, 5.74) is 1.12. The van der Waals surface area contributed by atoms with Crippen molar-refractivity contribution in [3.8, 4) is 5.75 Å². The fraction of sp³-hybridized carbons (Fsp3) is 0.533. The van der Waals surface area contributed by atoms with Gasteiger partial charge in [0.1, 0.15) is 5.75 Å². The van der Waals surface area contributed by atoms with E-state index in [1.165, 1.54) is 0 Å². The second-order valence-electron chi connectivity index (χ2n) is 4.68. The van der Waals surface area contributed by atoms with Crippen LogP contribution in [-0.2, 0) is 11.2 Å². The van der Waals surface area contributed by atoms with Gasteiger partial charge in [-0.2, -0.15) is 0 Å². The van der Waals surface area contributed by atoms with Gasteiger partial charge in [-0.1, -0.05) is 12.1 Å². The van der Waals surface area contributed by atoms with Gasteiger partial charge in [-0.05, 0) is 43.9 Å². The third-order valence-electron chi connectivity index (χ3n) is 3.00. The van der Waals surface area contributed by atoms with E-state index in [-0.39, 0.29) is 18.6 Å². The molecule has 1 rings (SSSR count). The van der Waals surface area contributed by atoms with E-state index < -0.39 is 0 Å². The molecular weight excluding hydrogens is 242 g/mol. The summed E-state index contributed by atoms with van der Waals surface area (Å²) >= 11 is 0. The van der Waals surface area contributed by atoms with E-state index in [0.29, 0.717) is 6.42 Å². The van der Waals surface area contributed by atoms with Crippen LogP contribution in [0.1, 0.15) is 31.7 Å². The summed E-state index contributed by atoms with van der Waals surface area (Å²) in [6, 6.07) is 7.87. The molecule has 1 aromatic rings. The minimum atomic E-state index is 0.0567. The molecule has 0 aliphatic rings. The molecule has 106 valence electrons. The van der Waals surface area contributed by atoms with E-state index in [4.69, 9.17) is 9.84 Å². The molecule has 0 bridgehead atoms. The van der Waals surface area contributed by atoms with Crippen molar-refractivity contribution in [2.24, 2.45) is 0 Å². The fourth-order valence-electron chi connectivity index (χ4n) is 1.87. The number of carbonyl (C=O) groups is 1. The molecule has 0 aliphatic carbocycles. The minimum Gasteiger partial charge on any atom is -0.497 e. The SMILES string of the molecule is COc1ccc(CCC(=O)NC(C)CCCO)cc1. The summed E-state index contributed by atoms with van der Waals surface area (Å²) in [7, 11) is 1.64. The largest absolute Gasteiger partial charge is 0.497 e. The maximum atomic E-state index is 11.7. The first-order valence-electron chi connectivity index (χ1n) is 6.69. The molecule has 4 nitrogen and oxygen atoms in total. The fourth-order valence-corrected chi connectivity index (χ4v) is 1.87. The third-order valence-corrected chi connectivity index (χ3v) is 3.00. The number of ether oxygens (including phenoxy) is 1. The van der Waals surface area contributed by atoms with Crippen molar-refractivity contribution < 1.29 is 14.6 Å². The number of hydrogen-bond donors (Lipinski definition) is 2. The van der Waals surface area contributed by atoms with Crippen LogP contribution in [-0.4, -0.2) is 30.8 Å². The van der Waals surface area contributed by atoms with Gasteiger partial charge in [0.2, 0.25) is 5.91 Å². The van der Waals surface area contributed by atoms with E-state index in [0.717, 1.165) is 30.6 Å². The highest BCUT2D eigenvalue weighted by Crippen LogP contribution is 2.12. The average Bonchev–Trinajstić information content (AvgIpc) is 2.43. The number of nitrogens with one attached hydrogen (secondary N) is 1. The Kier molecular flexibility index (Phi) is 6.97. The number of aliphatic hydroxyl groups is 1. The highest BCUT2D eigenvalue weighted by atomic mass is 16.5. The van der Waals surface area contributed by atoms with Gasteiger partial charge in [0.15, 0.2) is 0 Å². The summed E-state index contributed by atoms with van der Waals surface area (Å²) in [4.78, 5) is 11.7. The minimum absolute atomic E-state index is 0.0567. The van der Waals surface area contributed by atoms with Crippen LogP contribution < -0.4 is 10.1 Å². The lowest BCUT2D eigenvalue weighted by molar-refractivity contribution is -0.121. The number of methoxy groups -OCH3 is 1. The van der Waals surface area contributed by atoms with E-state index in [2.05, 4.69) is 5.32 Å². The van der Waals surface area contributed by atoms with Crippen molar-refractivity contribution in [2.45, 2.75) is 38.6 Å². The zero-order valence-corrected chi connectivity index (χ0v) is 11.7. The number of carbonyl (C=O) groups excluding carboxylic acids is 1. The van der Waals surface area contributed by atoms with Gasteiger partial charge in [-0.15, -0.1) is 0 Å². The zero-order chi connectivity index (χ0) is 14.1. The monoisotopic (exact) mass is 265 g/mol. The highest BCUT2D eigenvalue weighted by Gasteiger charge is 2.07. The maximum Gasteiger partial charge on any atom is 0.220 e. The number of rotatable bonds is 8. The summed E-state index contributed by atoms with van der Waals surface area (Å²) in [5.74, 6) is 0.882. The molecule has 0 fully saturated rings. The van der Waals surface area contributed by atoms with Crippen LogP contribution in [0, 0.1) is 0 Å². The molecule has 1 atom stereocenters. The van der Waals surface area contributed by atoms with Gasteiger partial charge in [0, 0.05) is 19.1 Å². The molecule has 0 heterocycles. The second kappa shape index (κ2) is 8.53. The molecule has 1 unspecified atom stereocenters. The first-order valence-corrected chi connectivity index (χ1v) is 6.69. The molecule has 1 aromatic carbocycles. The molecule has 0 saturated heterocycles. The van der Waals surface area contributed by atoms with E-state index >= 15 is 0 Å². The Bertz CT molecular complexity index is 375. The summed E-state index contributed by atoms with van der Waals surface area (Å²) in [6.45, 7) is 2.13. The van der Waals surface area contributed by atoms with Gasteiger partial charge < -0.3 is 15.2 Å². The molecule has 1 amide bonds. The standard InChI is InChI=1S/C15H23NO3/c1-12(4-3-11-17)16-15(18)10-7-13-5-8-14(19-2)9-6-13/h5-6,8-9,12,17H,3-4,7,10-11H2,1-2H3,(H,16,18). The number of hydrogen-bond acceptors (Lipinski definition) is 3. The van der Waals surface area contributed by atoms with Gasteiger partial charge >= 0.3 is 0 Å². The topological polar surface area (TPSA) is 58.6 Å². The Morgan fingerprint density at radius 3 is 2.63 bits per heavy atom. The van der Waals surface area contributed by atoms with Gasteiger partial charge in [0.05, 0.1) is 7.11 Å². The molecule has 0 spiro atoms. The first kappa shape index (κ1) is 15.5. The Hall–Kier alpha value is -1.55. The van der Waals surface area contributed by atoms with Gasteiger partial charge in [0.25, 0.3) is 0 Å². The smallest absolute Gasteiger partial charge is 0.220 e. The number of benzene rings is 1. The van der Waals surface area contributed by atoms with E-state index in [1.54, 1.807) is 7.11 Å². The number of aryl methyl sites for hydroxylation is 1. The maximum absolute atomic E-state index is 11.7. The van der Waals surface area contributed by atoms with Crippen molar-refractivity contribution in [3.05, 3.63) is 29.8 Å². The third kappa shape index (κ3) is 6.25. The predicted octanol–water partition coefficient (Wildman–Crippen LogP) is 1.90. The molecule has 2 N–H and O–H groups in total. The van der Waals surface area contributed by atoms with Crippen LogP contribution in [0.5, 0.6) is 5.75 Å². The summed E-state index contributed by atoms with van der Waals surface area (Å²) in [5, 5.41) is 11.7. The van der Waals surface area contributed by atoms with Gasteiger partial charge in [-0.25, -0.2) is 0 Å². The molecule has 19 heavy (non-hydrogen) atoms. The Balaban J connectivity index is 2.28. The Morgan fingerprint density at radius 2 is 2.05 bits per heavy atom. The second-order valence-corrected chi connectivity index (χ2v) is 4.68. The lowest BCUT2D eigenvalue weighted by Crippen LogP contribution is -2.32. The normalized spacial score (nSPS) is 11.9. The molecule has 0 radical (unpaired) electrons. The average molecular weight is 265 g/mol. The van der Waals surface area contributed by atoms with Crippen molar-refractivity contribution in [3.63, 3.8) is 0 Å². The van der Waals surface area contributed by atoms with Crippen LogP contribution in [0.25, 0.3) is 0 Å². The molecular formula is C15H23NO3. The molecule has 0 aliphatic heterocycles. The summed E-state index contributed by atoms with van der Waals surface area (Å²) in [6.07, 6.45) is 2.74. The van der Waals surface area contributed by atoms with Crippen molar-refractivity contribution in [2.75, 3.05) is 13.7 Å². The molecule has 0 aromatic heterocycles. The first-order chi connectivity index (χ1) is 9.15. The lowest BCUT2D eigenvalue weighted by Gasteiger charge is -2.13. The molecule has 0 saturated carbocycles. The highest BCUT2D eigenvalue weighted by molar-refractivity contribution is 5.76. The van der Waals surface area contributed by atoms with E-state index in [1.807, 2.05) is 31.2 Å². The van der Waals surface area contributed by atoms with Crippen LogP contribution in [0.2, 0.25) is 0 Å². The van der Waals surface area contributed by atoms with Crippen LogP contribution in [0.4, 0.5) is 0 Å². The lowest BCUT2D eigenvalue weighted by atomic mass is 10.1. The van der Waals surface area contributed by atoms with Crippen LogP contribution >= 0.6 is 0 Å². The number of aliphatic hydroxyl groups excluding tert-OH is 1. The predicted molar refractivity (Wildman–Crippen MR) is 75.2 cm³/mol.